The van der Waals surface area contributed by atoms with E-state index in [0.29, 0.717) is 17.8 Å². The molecule has 0 amide bonds. The molecule has 0 radical (unpaired) electrons. The largest absolute Gasteiger partial charge is 0.252 e. The minimum absolute atomic E-state index is 0.127. The zero-order chi connectivity index (χ0) is 31.1. The maximum atomic E-state index is 5.50. The van der Waals surface area contributed by atoms with E-state index in [1.165, 1.54) is 113 Å². The molecule has 45 heavy (non-hydrogen) atoms. The van der Waals surface area contributed by atoms with Gasteiger partial charge >= 0.3 is 0 Å². The number of aromatic nitrogens is 2. The van der Waals surface area contributed by atoms with Gasteiger partial charge in [-0.3, -0.25) is 4.98 Å². The first kappa shape index (κ1) is 29.2. The van der Waals surface area contributed by atoms with Crippen LogP contribution in [0, 0.1) is 11.8 Å². The molecule has 2 heteroatoms. The molecule has 1 spiro atoms. The van der Waals surface area contributed by atoms with Crippen LogP contribution in [-0.2, 0) is 11.0 Å². The zero-order valence-electron chi connectivity index (χ0n) is 28.5. The minimum atomic E-state index is -0.220. The summed E-state index contributed by atoms with van der Waals surface area (Å²) < 4.78 is 2.72. The quantitative estimate of drug-likeness (QED) is 0.194. The zero-order valence-corrected chi connectivity index (χ0v) is 28.5. The van der Waals surface area contributed by atoms with Crippen molar-refractivity contribution in [1.82, 2.24) is 4.98 Å². The van der Waals surface area contributed by atoms with Crippen molar-refractivity contribution in [3.05, 3.63) is 94.3 Å². The predicted octanol–water partition coefficient (Wildman–Crippen LogP) is 11.2. The van der Waals surface area contributed by atoms with Gasteiger partial charge in [0.15, 0.2) is 6.20 Å². The summed E-state index contributed by atoms with van der Waals surface area (Å²) in [7, 11) is 0. The van der Waals surface area contributed by atoms with Crippen LogP contribution in [0.2, 0.25) is 0 Å². The maximum Gasteiger partial charge on any atom is 0.224 e. The Balaban J connectivity index is 1.49. The first-order valence-electron chi connectivity index (χ1n) is 18.3. The molecule has 1 aliphatic heterocycles. The molecule has 232 valence electrons. The van der Waals surface area contributed by atoms with Crippen molar-refractivity contribution in [2.45, 2.75) is 123 Å². The highest BCUT2D eigenvalue weighted by molar-refractivity contribution is 6.06. The summed E-state index contributed by atoms with van der Waals surface area (Å²) >= 11 is 0. The van der Waals surface area contributed by atoms with Crippen LogP contribution in [-0.4, -0.2) is 4.98 Å². The van der Waals surface area contributed by atoms with Crippen LogP contribution < -0.4 is 4.57 Å². The molecule has 3 heterocycles. The summed E-state index contributed by atoms with van der Waals surface area (Å²) in [6.07, 6.45) is 20.2. The van der Waals surface area contributed by atoms with Gasteiger partial charge in [0.05, 0.1) is 16.5 Å². The number of pyridine rings is 2. The summed E-state index contributed by atoms with van der Waals surface area (Å²) in [6.45, 7) is 14.5. The molecule has 3 aliphatic carbocycles. The van der Waals surface area contributed by atoms with E-state index in [1.54, 1.807) is 11.1 Å². The van der Waals surface area contributed by atoms with Gasteiger partial charge in [-0.15, -0.1) is 0 Å². The molecule has 0 N–H and O–H groups in total. The van der Waals surface area contributed by atoms with E-state index in [2.05, 4.69) is 107 Å². The van der Waals surface area contributed by atoms with Crippen LogP contribution in [0.1, 0.15) is 134 Å². The Hall–Kier alpha value is -3.26. The van der Waals surface area contributed by atoms with Crippen molar-refractivity contribution in [3.8, 4) is 11.3 Å². The number of fused-ring (bicyclic) bond motifs is 4. The van der Waals surface area contributed by atoms with E-state index in [1.807, 2.05) is 0 Å². The predicted molar refractivity (Wildman–Crippen MR) is 189 cm³/mol. The van der Waals surface area contributed by atoms with Crippen LogP contribution in [0.25, 0.3) is 32.9 Å². The lowest BCUT2D eigenvalue weighted by Gasteiger charge is -2.35. The maximum absolute atomic E-state index is 5.50. The van der Waals surface area contributed by atoms with Gasteiger partial charge in [-0.1, -0.05) is 96.7 Å². The monoisotopic (exact) mass is 595 g/mol. The topological polar surface area (TPSA) is 16.8 Å². The first-order chi connectivity index (χ1) is 21.9. The average molecular weight is 596 g/mol. The molecular formula is C43H51N2+. The Kier molecular flexibility index (Phi) is 6.90. The number of hydrogen-bond acceptors (Lipinski definition) is 1. The molecule has 1 saturated carbocycles. The van der Waals surface area contributed by atoms with E-state index < -0.39 is 0 Å². The van der Waals surface area contributed by atoms with Crippen molar-refractivity contribution >= 4 is 21.7 Å². The lowest BCUT2D eigenvalue weighted by Crippen LogP contribution is -2.55. The first-order valence-corrected chi connectivity index (χ1v) is 18.3. The van der Waals surface area contributed by atoms with Gasteiger partial charge in [0, 0.05) is 35.1 Å². The van der Waals surface area contributed by atoms with Gasteiger partial charge in [-0.05, 0) is 96.0 Å². The molecule has 4 aromatic rings. The molecule has 8 rings (SSSR count). The van der Waals surface area contributed by atoms with Gasteiger partial charge in [0.1, 0.15) is 0 Å². The second-order valence-corrected chi connectivity index (χ2v) is 15.2. The van der Waals surface area contributed by atoms with E-state index in [-0.39, 0.29) is 11.0 Å². The Morgan fingerprint density at radius 2 is 1.60 bits per heavy atom. The molecule has 2 aromatic carbocycles. The summed E-state index contributed by atoms with van der Waals surface area (Å²) in [5.41, 5.74) is 12.8. The van der Waals surface area contributed by atoms with Gasteiger partial charge in [0.25, 0.3) is 0 Å². The average Bonchev–Trinajstić information content (AvgIpc) is 3.32. The Labute approximate surface area is 270 Å². The number of rotatable bonds is 7. The fourth-order valence-electron chi connectivity index (χ4n) is 10.2. The van der Waals surface area contributed by atoms with Gasteiger partial charge in [-0.2, -0.15) is 4.57 Å². The fourth-order valence-corrected chi connectivity index (χ4v) is 10.2. The highest BCUT2D eigenvalue weighted by atomic mass is 15.1. The van der Waals surface area contributed by atoms with E-state index in [9.17, 15) is 0 Å². The number of allylic oxidation sites excluding steroid dienone is 4. The molecule has 1 unspecified atom stereocenters. The minimum Gasteiger partial charge on any atom is -0.252 e. The second kappa shape index (κ2) is 10.6. The third kappa shape index (κ3) is 4.06. The lowest BCUT2D eigenvalue weighted by molar-refractivity contribution is -0.726. The van der Waals surface area contributed by atoms with Crippen molar-refractivity contribution in [2.24, 2.45) is 11.8 Å². The Bertz CT molecular complexity index is 1890. The number of benzene rings is 2. The standard InChI is InChI=1S/C43H51N2/c1-7-27(8-2)31-22-32(28(9-3)10-4)26-43(25-31)35-23-30-18-14-15-19-33(30)40-39(35)41-38-34(42(40,5)6)24-37(29-16-12-11-13-17-29)44-36(38)20-21-45(41)43/h14-15,18-25,27-29H,7-13,16-17,26H2,1-6H3/q+1. The van der Waals surface area contributed by atoms with Crippen LogP contribution in [0.5, 0.6) is 0 Å². The summed E-state index contributed by atoms with van der Waals surface area (Å²) in [6, 6.07) is 16.7. The number of hydrogen-bond donors (Lipinski definition) is 0. The van der Waals surface area contributed by atoms with Crippen molar-refractivity contribution < 1.29 is 4.57 Å². The second-order valence-electron chi connectivity index (χ2n) is 15.2. The lowest BCUT2D eigenvalue weighted by atomic mass is 9.66. The van der Waals surface area contributed by atoms with Gasteiger partial charge < -0.3 is 0 Å². The van der Waals surface area contributed by atoms with Gasteiger partial charge in [-0.25, -0.2) is 0 Å². The van der Waals surface area contributed by atoms with Crippen LogP contribution >= 0.6 is 0 Å². The van der Waals surface area contributed by atoms with Crippen LogP contribution in [0.4, 0.5) is 0 Å². The molecule has 0 saturated heterocycles. The van der Waals surface area contributed by atoms with Crippen LogP contribution in [0.15, 0.2) is 72.0 Å². The van der Waals surface area contributed by atoms with Crippen molar-refractivity contribution in [2.75, 3.05) is 0 Å². The van der Waals surface area contributed by atoms with E-state index >= 15 is 0 Å². The van der Waals surface area contributed by atoms with Crippen molar-refractivity contribution in [3.63, 3.8) is 0 Å². The van der Waals surface area contributed by atoms with E-state index in [0.717, 1.165) is 6.42 Å². The summed E-state index contributed by atoms with van der Waals surface area (Å²) in [5, 5.41) is 4.20. The highest BCUT2D eigenvalue weighted by Gasteiger charge is 2.57. The summed E-state index contributed by atoms with van der Waals surface area (Å²) in [4.78, 5) is 5.50. The molecule has 2 nitrogen and oxygen atoms in total. The fraction of sp³-hybridized carbons (Fsp3) is 0.488. The SMILES string of the molecule is CCC(CC)C1=CC2(CC(C(CC)CC)=C1)c1cc3ccccc3c3c1-c1c4c(cc(C5CCCCC5)nc4cc[n+]12)C3(C)C. The van der Waals surface area contributed by atoms with Crippen molar-refractivity contribution in [1.29, 1.82) is 0 Å². The third-order valence-corrected chi connectivity index (χ3v) is 12.6. The summed E-state index contributed by atoms with van der Waals surface area (Å²) in [5.74, 6) is 1.78. The highest BCUT2D eigenvalue weighted by Crippen LogP contribution is 2.58. The molecule has 0 bridgehead atoms. The normalized spacial score (nSPS) is 21.8. The van der Waals surface area contributed by atoms with E-state index in [4.69, 9.17) is 4.98 Å². The molecule has 4 aliphatic rings. The molecule has 2 aromatic heterocycles. The van der Waals surface area contributed by atoms with Crippen LogP contribution in [0.3, 0.4) is 0 Å². The molecular weight excluding hydrogens is 544 g/mol. The Morgan fingerprint density at radius 1 is 0.867 bits per heavy atom. The molecule has 1 fully saturated rings. The smallest absolute Gasteiger partial charge is 0.224 e. The number of nitrogens with zero attached hydrogens (tertiary/aromatic N) is 2. The Morgan fingerprint density at radius 3 is 2.33 bits per heavy atom. The van der Waals surface area contributed by atoms with Gasteiger partial charge in [0.2, 0.25) is 11.2 Å². The molecule has 1 atom stereocenters. The third-order valence-electron chi connectivity index (χ3n) is 12.6.